The van der Waals surface area contributed by atoms with Gasteiger partial charge < -0.3 is 0 Å². The summed E-state index contributed by atoms with van der Waals surface area (Å²) >= 11 is 0. The van der Waals surface area contributed by atoms with Crippen molar-refractivity contribution >= 4 is 10.1 Å². The molecule has 80 valence electrons. The van der Waals surface area contributed by atoms with Crippen LogP contribution in [-0.4, -0.2) is 18.7 Å². The molecule has 14 heavy (non-hydrogen) atoms. The third kappa shape index (κ3) is 3.27. The molecule has 0 aromatic rings. The van der Waals surface area contributed by atoms with E-state index in [9.17, 15) is 8.42 Å². The molecule has 0 saturated carbocycles. The van der Waals surface area contributed by atoms with Gasteiger partial charge in [-0.05, 0) is 38.2 Å². The van der Waals surface area contributed by atoms with Crippen molar-refractivity contribution in [1.82, 2.24) is 0 Å². The molecule has 0 atom stereocenters. The Kier molecular flexibility index (Phi) is 3.50. The normalized spacial score (nSPS) is 18.9. The maximum atomic E-state index is 10.6. The molecule has 0 heterocycles. The summed E-state index contributed by atoms with van der Waals surface area (Å²) in [7, 11) is -3.85. The van der Waals surface area contributed by atoms with E-state index in [0.29, 0.717) is 6.42 Å². The van der Waals surface area contributed by atoms with Crippen molar-refractivity contribution in [2.24, 2.45) is 0 Å². The standard InChI is InChI=1S/C10H16O3S/c1-8-4-3-5-9(2)10(8)6-7-14(11,12)13/h1,3-7H2,2H3,(H,11,12,13). The predicted molar refractivity (Wildman–Crippen MR) is 56.7 cm³/mol. The van der Waals surface area contributed by atoms with Gasteiger partial charge in [0.15, 0.2) is 0 Å². The first kappa shape index (κ1) is 11.5. The van der Waals surface area contributed by atoms with Crippen molar-refractivity contribution in [3.63, 3.8) is 0 Å². The van der Waals surface area contributed by atoms with Gasteiger partial charge in [0.25, 0.3) is 10.1 Å². The Balaban J connectivity index is 2.71. The molecule has 0 bridgehead atoms. The van der Waals surface area contributed by atoms with Crippen LogP contribution in [0, 0.1) is 0 Å². The molecule has 1 aliphatic carbocycles. The second-order valence-corrected chi connectivity index (χ2v) is 5.32. The van der Waals surface area contributed by atoms with Crippen molar-refractivity contribution < 1.29 is 13.0 Å². The number of hydrogen-bond acceptors (Lipinski definition) is 2. The number of allylic oxidation sites excluding steroid dienone is 3. The molecule has 1 rings (SSSR count). The van der Waals surface area contributed by atoms with Gasteiger partial charge in [-0.1, -0.05) is 17.7 Å². The third-order valence-electron chi connectivity index (χ3n) is 2.58. The van der Waals surface area contributed by atoms with Crippen LogP contribution in [0.4, 0.5) is 0 Å². The van der Waals surface area contributed by atoms with Gasteiger partial charge in [0.1, 0.15) is 0 Å². The quantitative estimate of drug-likeness (QED) is 0.736. The summed E-state index contributed by atoms with van der Waals surface area (Å²) in [4.78, 5) is 0. The second-order valence-electron chi connectivity index (χ2n) is 3.75. The highest BCUT2D eigenvalue weighted by Gasteiger charge is 2.15. The Hall–Kier alpha value is -0.610. The van der Waals surface area contributed by atoms with Crippen molar-refractivity contribution in [3.8, 4) is 0 Å². The van der Waals surface area contributed by atoms with E-state index >= 15 is 0 Å². The third-order valence-corrected chi connectivity index (χ3v) is 3.30. The molecule has 0 unspecified atom stereocenters. The predicted octanol–water partition coefficient (Wildman–Crippen LogP) is 2.32. The van der Waals surface area contributed by atoms with Crippen LogP contribution in [-0.2, 0) is 10.1 Å². The Bertz CT molecular complexity index is 363. The summed E-state index contributed by atoms with van der Waals surface area (Å²) in [5.74, 6) is -0.196. The van der Waals surface area contributed by atoms with Crippen molar-refractivity contribution in [3.05, 3.63) is 23.3 Å². The van der Waals surface area contributed by atoms with Crippen LogP contribution in [0.15, 0.2) is 23.3 Å². The average Bonchev–Trinajstić information content (AvgIpc) is 2.01. The van der Waals surface area contributed by atoms with Gasteiger partial charge in [-0.15, -0.1) is 0 Å². The highest BCUT2D eigenvalue weighted by molar-refractivity contribution is 7.85. The minimum Gasteiger partial charge on any atom is -0.286 e. The van der Waals surface area contributed by atoms with E-state index in [-0.39, 0.29) is 5.75 Å². The van der Waals surface area contributed by atoms with E-state index in [1.807, 2.05) is 6.92 Å². The summed E-state index contributed by atoms with van der Waals surface area (Å²) in [5, 5.41) is 0. The Morgan fingerprint density at radius 1 is 1.43 bits per heavy atom. The van der Waals surface area contributed by atoms with E-state index in [4.69, 9.17) is 4.55 Å². The van der Waals surface area contributed by atoms with Crippen molar-refractivity contribution in [2.45, 2.75) is 32.6 Å². The lowest BCUT2D eigenvalue weighted by Gasteiger charge is -2.19. The van der Waals surface area contributed by atoms with Crippen LogP contribution in [0.1, 0.15) is 32.6 Å². The molecular weight excluding hydrogens is 200 g/mol. The molecule has 0 saturated heterocycles. The van der Waals surface area contributed by atoms with E-state index in [1.165, 1.54) is 5.57 Å². The zero-order valence-corrected chi connectivity index (χ0v) is 9.23. The topological polar surface area (TPSA) is 54.4 Å². The van der Waals surface area contributed by atoms with E-state index in [0.717, 1.165) is 30.4 Å². The SMILES string of the molecule is C=C1CCCC(C)=C1CCS(=O)(=O)O. The molecule has 1 N–H and O–H groups in total. The smallest absolute Gasteiger partial charge is 0.265 e. The largest absolute Gasteiger partial charge is 0.286 e. The van der Waals surface area contributed by atoms with Crippen molar-refractivity contribution in [2.75, 3.05) is 5.75 Å². The minimum atomic E-state index is -3.85. The molecule has 0 aromatic carbocycles. The first-order valence-electron chi connectivity index (χ1n) is 4.72. The fraction of sp³-hybridized carbons (Fsp3) is 0.600. The first-order chi connectivity index (χ1) is 6.40. The maximum absolute atomic E-state index is 10.6. The molecule has 1 aliphatic rings. The summed E-state index contributed by atoms with van der Waals surface area (Å²) in [6.45, 7) is 5.92. The summed E-state index contributed by atoms with van der Waals surface area (Å²) < 4.78 is 29.8. The fourth-order valence-electron chi connectivity index (χ4n) is 1.79. The number of hydrogen-bond donors (Lipinski definition) is 1. The highest BCUT2D eigenvalue weighted by atomic mass is 32.2. The molecule has 3 nitrogen and oxygen atoms in total. The molecular formula is C10H16O3S. The van der Waals surface area contributed by atoms with Gasteiger partial charge in [-0.2, -0.15) is 8.42 Å². The monoisotopic (exact) mass is 216 g/mol. The van der Waals surface area contributed by atoms with E-state index in [1.54, 1.807) is 0 Å². The summed E-state index contributed by atoms with van der Waals surface area (Å²) in [5.41, 5.74) is 3.27. The van der Waals surface area contributed by atoms with Gasteiger partial charge in [0.2, 0.25) is 0 Å². The van der Waals surface area contributed by atoms with Gasteiger partial charge in [-0.3, -0.25) is 4.55 Å². The van der Waals surface area contributed by atoms with Gasteiger partial charge in [0.05, 0.1) is 5.75 Å². The zero-order valence-electron chi connectivity index (χ0n) is 8.41. The Labute approximate surface area is 85.3 Å². The highest BCUT2D eigenvalue weighted by Crippen LogP contribution is 2.30. The lowest BCUT2D eigenvalue weighted by atomic mass is 9.88. The summed E-state index contributed by atoms with van der Waals surface area (Å²) in [6.07, 6.45) is 3.45. The van der Waals surface area contributed by atoms with E-state index < -0.39 is 10.1 Å². The Morgan fingerprint density at radius 3 is 2.57 bits per heavy atom. The van der Waals surface area contributed by atoms with Gasteiger partial charge in [0, 0.05) is 0 Å². The molecule has 4 heteroatoms. The molecule has 0 radical (unpaired) electrons. The minimum absolute atomic E-state index is 0.196. The molecule has 0 amide bonds. The van der Waals surface area contributed by atoms with Crippen LogP contribution in [0.5, 0.6) is 0 Å². The second kappa shape index (κ2) is 4.28. The van der Waals surface area contributed by atoms with Gasteiger partial charge >= 0.3 is 0 Å². The lowest BCUT2D eigenvalue weighted by molar-refractivity contribution is 0.482. The average molecular weight is 216 g/mol. The number of rotatable bonds is 3. The van der Waals surface area contributed by atoms with Crippen LogP contribution in [0.2, 0.25) is 0 Å². The van der Waals surface area contributed by atoms with E-state index in [2.05, 4.69) is 6.58 Å². The van der Waals surface area contributed by atoms with Crippen LogP contribution < -0.4 is 0 Å². The molecule has 0 aromatic heterocycles. The zero-order chi connectivity index (χ0) is 10.8. The molecule has 0 fully saturated rings. The van der Waals surface area contributed by atoms with Crippen molar-refractivity contribution in [1.29, 1.82) is 0 Å². The lowest BCUT2D eigenvalue weighted by Crippen LogP contribution is -2.08. The Morgan fingerprint density at radius 2 is 2.07 bits per heavy atom. The van der Waals surface area contributed by atoms with Gasteiger partial charge in [-0.25, -0.2) is 0 Å². The first-order valence-corrected chi connectivity index (χ1v) is 6.33. The maximum Gasteiger partial charge on any atom is 0.265 e. The van der Waals surface area contributed by atoms with Crippen LogP contribution >= 0.6 is 0 Å². The fourth-order valence-corrected chi connectivity index (χ4v) is 2.25. The van der Waals surface area contributed by atoms with Crippen LogP contribution in [0.25, 0.3) is 0 Å². The molecule has 0 spiro atoms. The summed E-state index contributed by atoms with van der Waals surface area (Å²) in [6, 6.07) is 0. The van der Waals surface area contributed by atoms with Crippen LogP contribution in [0.3, 0.4) is 0 Å². The molecule has 0 aliphatic heterocycles.